The maximum Gasteiger partial charge on any atom is 0.269 e. The summed E-state index contributed by atoms with van der Waals surface area (Å²) in [6.45, 7) is 5.08. The number of nitrogens with one attached hydrogen (secondary N) is 1. The average Bonchev–Trinajstić information content (AvgIpc) is 2.86. The van der Waals surface area contributed by atoms with E-state index in [4.69, 9.17) is 0 Å². The van der Waals surface area contributed by atoms with Crippen molar-refractivity contribution in [3.05, 3.63) is 52.8 Å². The van der Waals surface area contributed by atoms with E-state index in [1.165, 1.54) is 5.56 Å². The third kappa shape index (κ3) is 3.48. The van der Waals surface area contributed by atoms with Crippen LogP contribution in [0.25, 0.3) is 0 Å². The van der Waals surface area contributed by atoms with Gasteiger partial charge in [-0.1, -0.05) is 40.2 Å². The molecular formula is C15H18BrN3O. The summed E-state index contributed by atoms with van der Waals surface area (Å²) in [5.74, 6) is -0.0861. The number of alkyl halides is 1. The molecule has 1 aromatic carbocycles. The summed E-state index contributed by atoms with van der Waals surface area (Å²) in [6.07, 6.45) is 0. The van der Waals surface area contributed by atoms with Crippen LogP contribution < -0.4 is 5.32 Å². The zero-order chi connectivity index (χ0) is 14.5. The fraction of sp³-hybridized carbons (Fsp3) is 0.333. The minimum atomic E-state index is -0.0861. The Labute approximate surface area is 127 Å². The van der Waals surface area contributed by atoms with E-state index in [2.05, 4.69) is 38.5 Å². The van der Waals surface area contributed by atoms with Crippen LogP contribution in [0.3, 0.4) is 0 Å². The third-order valence-electron chi connectivity index (χ3n) is 3.06. The van der Waals surface area contributed by atoms with Gasteiger partial charge in [0.1, 0.15) is 5.69 Å². The van der Waals surface area contributed by atoms with Crippen LogP contribution in [0.15, 0.2) is 30.3 Å². The molecule has 2 aromatic rings. The highest BCUT2D eigenvalue weighted by Gasteiger charge is 2.12. The largest absolute Gasteiger partial charge is 0.347 e. The first kappa shape index (κ1) is 14.8. The molecular weight excluding hydrogens is 318 g/mol. The topological polar surface area (TPSA) is 46.9 Å². The van der Waals surface area contributed by atoms with E-state index >= 15 is 0 Å². The van der Waals surface area contributed by atoms with Gasteiger partial charge in [-0.15, -0.1) is 0 Å². The molecule has 4 nitrogen and oxygen atoms in total. The van der Waals surface area contributed by atoms with Gasteiger partial charge in [0.05, 0.1) is 5.69 Å². The zero-order valence-corrected chi connectivity index (χ0v) is 13.3. The molecule has 106 valence electrons. The van der Waals surface area contributed by atoms with Crippen LogP contribution in [0.1, 0.15) is 34.2 Å². The van der Waals surface area contributed by atoms with Gasteiger partial charge in [0.2, 0.25) is 0 Å². The van der Waals surface area contributed by atoms with Crippen molar-refractivity contribution in [1.29, 1.82) is 0 Å². The number of benzene rings is 1. The molecule has 1 heterocycles. The van der Waals surface area contributed by atoms with E-state index in [1.54, 1.807) is 4.68 Å². The number of aromatic nitrogens is 2. The Kier molecular flexibility index (Phi) is 4.95. The van der Waals surface area contributed by atoms with E-state index in [-0.39, 0.29) is 5.91 Å². The van der Waals surface area contributed by atoms with Crippen molar-refractivity contribution in [3.8, 4) is 0 Å². The summed E-state index contributed by atoms with van der Waals surface area (Å²) in [5.41, 5.74) is 3.78. The van der Waals surface area contributed by atoms with Crippen molar-refractivity contribution in [1.82, 2.24) is 15.1 Å². The summed E-state index contributed by atoms with van der Waals surface area (Å²) in [5, 5.41) is 8.05. The van der Waals surface area contributed by atoms with E-state index in [0.717, 1.165) is 16.6 Å². The number of rotatable bonds is 5. The third-order valence-corrected chi connectivity index (χ3v) is 3.71. The number of nitrogens with zero attached hydrogens (tertiary/aromatic N) is 2. The lowest BCUT2D eigenvalue weighted by Gasteiger charge is -2.07. The SMILES string of the molecule is CCn1nc(C)cc1C(=O)NCc1ccc(CBr)cc1. The number of hydrogen-bond donors (Lipinski definition) is 1. The minimum absolute atomic E-state index is 0.0861. The lowest BCUT2D eigenvalue weighted by Crippen LogP contribution is -2.25. The van der Waals surface area contributed by atoms with Crippen molar-refractivity contribution >= 4 is 21.8 Å². The Balaban J connectivity index is 2.00. The molecule has 0 saturated heterocycles. The molecule has 0 aliphatic carbocycles. The highest BCUT2D eigenvalue weighted by atomic mass is 79.9. The normalized spacial score (nSPS) is 10.6. The Morgan fingerprint density at radius 1 is 1.30 bits per heavy atom. The van der Waals surface area contributed by atoms with Crippen molar-refractivity contribution in [2.45, 2.75) is 32.3 Å². The standard InChI is InChI=1S/C15H18BrN3O/c1-3-19-14(8-11(2)18-19)15(20)17-10-13-6-4-12(9-16)5-7-13/h4-8H,3,9-10H2,1-2H3,(H,17,20). The fourth-order valence-corrected chi connectivity index (χ4v) is 2.36. The van der Waals surface area contributed by atoms with Crippen molar-refractivity contribution in [3.63, 3.8) is 0 Å². The number of halogens is 1. The predicted octanol–water partition coefficient (Wildman–Crippen LogP) is 3.04. The van der Waals surface area contributed by atoms with Gasteiger partial charge in [-0.2, -0.15) is 5.10 Å². The maximum absolute atomic E-state index is 12.2. The van der Waals surface area contributed by atoms with Crippen molar-refractivity contribution < 1.29 is 4.79 Å². The first-order valence-corrected chi connectivity index (χ1v) is 7.72. The van der Waals surface area contributed by atoms with Gasteiger partial charge in [-0.25, -0.2) is 0 Å². The van der Waals surface area contributed by atoms with E-state index in [1.807, 2.05) is 32.0 Å². The van der Waals surface area contributed by atoms with Crippen LogP contribution in [0.2, 0.25) is 0 Å². The first-order valence-electron chi connectivity index (χ1n) is 6.60. The van der Waals surface area contributed by atoms with Crippen LogP contribution in [-0.4, -0.2) is 15.7 Å². The van der Waals surface area contributed by atoms with Crippen LogP contribution >= 0.6 is 15.9 Å². The van der Waals surface area contributed by atoms with Crippen molar-refractivity contribution in [2.75, 3.05) is 0 Å². The Morgan fingerprint density at radius 2 is 1.95 bits per heavy atom. The Hall–Kier alpha value is -1.62. The van der Waals surface area contributed by atoms with Gasteiger partial charge < -0.3 is 5.32 Å². The smallest absolute Gasteiger partial charge is 0.269 e. The van der Waals surface area contributed by atoms with Gasteiger partial charge in [-0.05, 0) is 31.0 Å². The highest BCUT2D eigenvalue weighted by Crippen LogP contribution is 2.08. The molecule has 1 N–H and O–H groups in total. The Bertz CT molecular complexity index is 590. The molecule has 0 fully saturated rings. The monoisotopic (exact) mass is 335 g/mol. The van der Waals surface area contributed by atoms with Crippen molar-refractivity contribution in [2.24, 2.45) is 0 Å². The number of amides is 1. The molecule has 20 heavy (non-hydrogen) atoms. The summed E-state index contributed by atoms with van der Waals surface area (Å²) in [7, 11) is 0. The Morgan fingerprint density at radius 3 is 2.55 bits per heavy atom. The molecule has 5 heteroatoms. The molecule has 0 unspecified atom stereocenters. The lowest BCUT2D eigenvalue weighted by atomic mass is 10.1. The summed E-state index contributed by atoms with van der Waals surface area (Å²) in [6, 6.07) is 9.97. The quantitative estimate of drug-likeness (QED) is 0.853. The van der Waals surface area contributed by atoms with E-state index in [9.17, 15) is 4.79 Å². The van der Waals surface area contributed by atoms with Crippen LogP contribution in [0, 0.1) is 6.92 Å². The molecule has 0 saturated carbocycles. The van der Waals surface area contributed by atoms with Gasteiger partial charge in [0.15, 0.2) is 0 Å². The summed E-state index contributed by atoms with van der Waals surface area (Å²) >= 11 is 3.41. The molecule has 1 amide bonds. The molecule has 0 bridgehead atoms. The molecule has 0 atom stereocenters. The average molecular weight is 336 g/mol. The molecule has 2 rings (SSSR count). The van der Waals surface area contributed by atoms with Gasteiger partial charge in [0.25, 0.3) is 5.91 Å². The fourth-order valence-electron chi connectivity index (χ4n) is 1.99. The van der Waals surface area contributed by atoms with Crippen LogP contribution in [0.4, 0.5) is 0 Å². The van der Waals surface area contributed by atoms with Gasteiger partial charge in [0, 0.05) is 18.4 Å². The molecule has 0 aliphatic rings. The summed E-state index contributed by atoms with van der Waals surface area (Å²) < 4.78 is 1.72. The second-order valence-corrected chi connectivity index (χ2v) is 5.18. The number of hydrogen-bond acceptors (Lipinski definition) is 2. The number of carbonyl (C=O) groups excluding carboxylic acids is 1. The number of carbonyl (C=O) groups is 1. The van der Waals surface area contributed by atoms with Crippen LogP contribution in [-0.2, 0) is 18.4 Å². The maximum atomic E-state index is 12.2. The lowest BCUT2D eigenvalue weighted by molar-refractivity contribution is 0.0940. The minimum Gasteiger partial charge on any atom is -0.347 e. The zero-order valence-electron chi connectivity index (χ0n) is 11.7. The second kappa shape index (κ2) is 6.70. The second-order valence-electron chi connectivity index (χ2n) is 4.62. The first-order chi connectivity index (χ1) is 9.63. The molecule has 0 aliphatic heterocycles. The van der Waals surface area contributed by atoms with Gasteiger partial charge in [-0.3, -0.25) is 9.48 Å². The van der Waals surface area contributed by atoms with E-state index < -0.39 is 0 Å². The number of aryl methyl sites for hydroxylation is 2. The van der Waals surface area contributed by atoms with Gasteiger partial charge >= 0.3 is 0 Å². The molecule has 0 radical (unpaired) electrons. The van der Waals surface area contributed by atoms with Crippen LogP contribution in [0.5, 0.6) is 0 Å². The molecule has 1 aromatic heterocycles. The summed E-state index contributed by atoms with van der Waals surface area (Å²) in [4.78, 5) is 12.2. The highest BCUT2D eigenvalue weighted by molar-refractivity contribution is 9.08. The van der Waals surface area contributed by atoms with E-state index in [0.29, 0.717) is 18.8 Å². The predicted molar refractivity (Wildman–Crippen MR) is 82.9 cm³/mol. The molecule has 0 spiro atoms.